The molecule has 0 fully saturated rings. The summed E-state index contributed by atoms with van der Waals surface area (Å²) in [6.45, 7) is 3.77. The van der Waals surface area contributed by atoms with E-state index in [-0.39, 0.29) is 23.8 Å². The summed E-state index contributed by atoms with van der Waals surface area (Å²) >= 11 is 0. The average Bonchev–Trinajstić information content (AvgIpc) is 3.20. The van der Waals surface area contributed by atoms with Crippen LogP contribution in [0.3, 0.4) is 0 Å². The Labute approximate surface area is 165 Å². The molecule has 9 heteroatoms. The van der Waals surface area contributed by atoms with Gasteiger partial charge < -0.3 is 10.1 Å². The fourth-order valence-electron chi connectivity index (χ4n) is 2.84. The number of ketones is 1. The zero-order valence-corrected chi connectivity index (χ0v) is 15.8. The molecule has 0 atom stereocenters. The number of H-pyrrole nitrogens is 1. The fraction of sp³-hybridized carbons (Fsp3) is 0.150. The summed E-state index contributed by atoms with van der Waals surface area (Å²) in [6, 6.07) is 7.58. The molecule has 0 aliphatic rings. The molecule has 0 bridgehead atoms. The SMILES string of the molecule is CC.O=NCc1nnc2[nH]cc(C(=O)c3ccc(O)cc3)c2c1-c1ncccn1. The molecule has 0 unspecified atom stereocenters. The normalized spacial score (nSPS) is 10.3. The number of carbonyl (C=O) groups excluding carboxylic acids is 1. The molecular weight excluding hydrogens is 372 g/mol. The van der Waals surface area contributed by atoms with Gasteiger partial charge in [-0.3, -0.25) is 4.79 Å². The van der Waals surface area contributed by atoms with Gasteiger partial charge >= 0.3 is 0 Å². The summed E-state index contributed by atoms with van der Waals surface area (Å²) in [7, 11) is 0. The second kappa shape index (κ2) is 8.79. The van der Waals surface area contributed by atoms with Gasteiger partial charge in [0.25, 0.3) is 0 Å². The maximum atomic E-state index is 13.0. The highest BCUT2D eigenvalue weighted by atomic mass is 16.3. The lowest BCUT2D eigenvalue weighted by Crippen LogP contribution is -2.04. The second-order valence-electron chi connectivity index (χ2n) is 5.68. The summed E-state index contributed by atoms with van der Waals surface area (Å²) in [4.78, 5) is 35.2. The number of fused-ring (bicyclic) bond motifs is 1. The van der Waals surface area contributed by atoms with E-state index in [4.69, 9.17) is 0 Å². The van der Waals surface area contributed by atoms with Crippen molar-refractivity contribution in [2.45, 2.75) is 20.4 Å². The van der Waals surface area contributed by atoms with E-state index in [0.717, 1.165) is 0 Å². The molecule has 9 nitrogen and oxygen atoms in total. The molecule has 0 radical (unpaired) electrons. The van der Waals surface area contributed by atoms with Crippen molar-refractivity contribution in [3.05, 3.63) is 70.7 Å². The molecule has 0 aliphatic heterocycles. The Morgan fingerprint density at radius 1 is 1.10 bits per heavy atom. The molecule has 4 aromatic rings. The van der Waals surface area contributed by atoms with Crippen molar-refractivity contribution >= 4 is 16.8 Å². The van der Waals surface area contributed by atoms with Crippen LogP contribution >= 0.6 is 0 Å². The molecule has 3 aromatic heterocycles. The Morgan fingerprint density at radius 3 is 2.45 bits per heavy atom. The lowest BCUT2D eigenvalue weighted by molar-refractivity contribution is 0.104. The maximum Gasteiger partial charge on any atom is 0.195 e. The first-order valence-electron chi connectivity index (χ1n) is 8.96. The van der Waals surface area contributed by atoms with Crippen molar-refractivity contribution in [3.8, 4) is 17.1 Å². The lowest BCUT2D eigenvalue weighted by Gasteiger charge is -2.07. The molecule has 1 aromatic carbocycles. The van der Waals surface area contributed by atoms with Crippen LogP contribution in [0.2, 0.25) is 0 Å². The average molecular weight is 390 g/mol. The van der Waals surface area contributed by atoms with E-state index in [1.807, 2.05) is 13.8 Å². The van der Waals surface area contributed by atoms with Gasteiger partial charge in [-0.05, 0) is 30.3 Å². The minimum Gasteiger partial charge on any atom is -0.508 e. The Hall–Kier alpha value is -4.01. The van der Waals surface area contributed by atoms with Crippen LogP contribution in [0.4, 0.5) is 0 Å². The van der Waals surface area contributed by atoms with Crippen LogP contribution in [0.1, 0.15) is 35.5 Å². The van der Waals surface area contributed by atoms with Gasteiger partial charge in [0.15, 0.2) is 17.3 Å². The van der Waals surface area contributed by atoms with Crippen molar-refractivity contribution in [2.75, 3.05) is 0 Å². The third kappa shape index (κ3) is 3.84. The van der Waals surface area contributed by atoms with Crippen LogP contribution in [-0.2, 0) is 6.54 Å². The largest absolute Gasteiger partial charge is 0.508 e. The van der Waals surface area contributed by atoms with Gasteiger partial charge in [0, 0.05) is 29.5 Å². The Kier molecular flexibility index (Phi) is 5.98. The van der Waals surface area contributed by atoms with Crippen LogP contribution in [0.25, 0.3) is 22.4 Å². The second-order valence-corrected chi connectivity index (χ2v) is 5.68. The highest BCUT2D eigenvalue weighted by Gasteiger charge is 2.23. The third-order valence-corrected chi connectivity index (χ3v) is 4.05. The molecule has 0 saturated heterocycles. The van der Waals surface area contributed by atoms with Gasteiger partial charge in [0.1, 0.15) is 12.3 Å². The van der Waals surface area contributed by atoms with Crippen molar-refractivity contribution < 1.29 is 9.90 Å². The minimum atomic E-state index is -0.281. The molecule has 3 heterocycles. The van der Waals surface area contributed by atoms with E-state index in [1.165, 1.54) is 30.5 Å². The number of hydrogen-bond donors (Lipinski definition) is 2. The molecule has 0 aliphatic carbocycles. The third-order valence-electron chi connectivity index (χ3n) is 4.05. The first kappa shape index (κ1) is 19.7. The molecule has 2 N–H and O–H groups in total. The number of hydrogen-bond acceptors (Lipinski definition) is 8. The minimum absolute atomic E-state index is 0.0639. The molecule has 0 amide bonds. The number of aromatic nitrogens is 5. The Bertz CT molecular complexity index is 1140. The number of nitrogens with zero attached hydrogens (tertiary/aromatic N) is 5. The molecule has 0 saturated carbocycles. The zero-order valence-electron chi connectivity index (χ0n) is 15.8. The van der Waals surface area contributed by atoms with Gasteiger partial charge in [-0.2, -0.15) is 10.0 Å². The van der Waals surface area contributed by atoms with E-state index >= 15 is 0 Å². The quantitative estimate of drug-likeness (QED) is 0.392. The first-order valence-corrected chi connectivity index (χ1v) is 8.96. The maximum absolute atomic E-state index is 13.0. The van der Waals surface area contributed by atoms with Gasteiger partial charge in [-0.15, -0.1) is 5.10 Å². The highest BCUT2D eigenvalue weighted by Crippen LogP contribution is 2.31. The molecule has 0 spiro atoms. The molecule has 29 heavy (non-hydrogen) atoms. The van der Waals surface area contributed by atoms with Crippen LogP contribution in [0.5, 0.6) is 5.75 Å². The van der Waals surface area contributed by atoms with Crippen molar-refractivity contribution in [1.82, 2.24) is 25.1 Å². The number of benzene rings is 1. The predicted molar refractivity (Wildman–Crippen MR) is 107 cm³/mol. The standard InChI is InChI=1S/C18H12N6O3.C2H6/c25-11-4-2-10(3-5-11)16(26)12-8-21-18-14(12)15(13(9-22-27)23-24-18)17-19-6-1-7-20-17;1-2/h1-8,25H,9H2,(H,21,24);1-2H3. The zero-order chi connectivity index (χ0) is 20.8. The summed E-state index contributed by atoms with van der Waals surface area (Å²) in [5.74, 6) is 0.0981. The summed E-state index contributed by atoms with van der Waals surface area (Å²) in [6.07, 6.45) is 4.64. The van der Waals surface area contributed by atoms with Gasteiger partial charge in [-0.25, -0.2) is 9.97 Å². The number of nitroso groups, excluding NO2 is 1. The fourth-order valence-corrected chi connectivity index (χ4v) is 2.84. The summed E-state index contributed by atoms with van der Waals surface area (Å²) in [5.41, 5.74) is 1.81. The van der Waals surface area contributed by atoms with Crippen LogP contribution in [-0.4, -0.2) is 36.0 Å². The number of aromatic hydroxyl groups is 1. The van der Waals surface area contributed by atoms with Crippen molar-refractivity contribution in [3.63, 3.8) is 0 Å². The number of phenolic OH excluding ortho intramolecular Hbond substituents is 1. The summed E-state index contributed by atoms with van der Waals surface area (Å²) < 4.78 is 0. The highest BCUT2D eigenvalue weighted by molar-refractivity contribution is 6.18. The number of rotatable bonds is 5. The Morgan fingerprint density at radius 2 is 1.79 bits per heavy atom. The van der Waals surface area contributed by atoms with Crippen molar-refractivity contribution in [2.24, 2.45) is 5.18 Å². The predicted octanol–water partition coefficient (Wildman–Crippen LogP) is 3.64. The lowest BCUT2D eigenvalue weighted by atomic mass is 9.99. The van der Waals surface area contributed by atoms with E-state index in [9.17, 15) is 14.8 Å². The van der Waals surface area contributed by atoms with E-state index < -0.39 is 0 Å². The van der Waals surface area contributed by atoms with E-state index in [2.05, 4.69) is 30.3 Å². The number of phenols is 1. The van der Waals surface area contributed by atoms with Crippen LogP contribution < -0.4 is 0 Å². The van der Waals surface area contributed by atoms with Crippen LogP contribution in [0.15, 0.2) is 54.1 Å². The van der Waals surface area contributed by atoms with Gasteiger partial charge in [-0.1, -0.05) is 19.0 Å². The monoisotopic (exact) mass is 390 g/mol. The summed E-state index contributed by atoms with van der Waals surface area (Å²) in [5, 5.41) is 20.9. The van der Waals surface area contributed by atoms with E-state index in [0.29, 0.717) is 33.5 Å². The van der Waals surface area contributed by atoms with Gasteiger partial charge in [0.2, 0.25) is 0 Å². The van der Waals surface area contributed by atoms with Crippen LogP contribution in [0, 0.1) is 4.91 Å². The van der Waals surface area contributed by atoms with Gasteiger partial charge in [0.05, 0.1) is 16.8 Å². The molecule has 4 rings (SSSR count). The topological polar surface area (TPSA) is 134 Å². The smallest absolute Gasteiger partial charge is 0.195 e. The van der Waals surface area contributed by atoms with E-state index in [1.54, 1.807) is 18.5 Å². The first-order chi connectivity index (χ1) is 14.2. The molecular formula is C20H18N6O3. The number of nitrogens with one attached hydrogen (secondary N) is 1. The number of carbonyl (C=O) groups is 1. The number of aromatic amines is 1. The van der Waals surface area contributed by atoms with Crippen molar-refractivity contribution in [1.29, 1.82) is 0 Å². The molecule has 146 valence electrons. The Balaban J connectivity index is 0.00000117.